The summed E-state index contributed by atoms with van der Waals surface area (Å²) >= 11 is 2.10. The molecule has 5 unspecified atom stereocenters. The summed E-state index contributed by atoms with van der Waals surface area (Å²) in [6, 6.07) is 0. The fraction of sp³-hybridized carbons (Fsp3) is 0.647. The summed E-state index contributed by atoms with van der Waals surface area (Å²) in [7, 11) is 0. The zero-order valence-electron chi connectivity index (χ0n) is 16.8. The number of ether oxygens (including phenoxy) is 5. The molecule has 1 aromatic heterocycles. The standard InChI is InChI=1S/C17H22IN3O9/c1-8(22)26-7-13-14(27-9(2)23)15(28-10(3)24)16(29-11(4)25)17(30-13)21-6-12(5-18)19-20-21/h6,13-17H,5,7H2,1-4H3. The Labute approximate surface area is 185 Å². The fourth-order valence-corrected chi connectivity index (χ4v) is 3.27. The lowest BCUT2D eigenvalue weighted by molar-refractivity contribution is -0.270. The number of hydrogen-bond donors (Lipinski definition) is 0. The normalized spacial score (nSPS) is 25.8. The van der Waals surface area contributed by atoms with E-state index in [-0.39, 0.29) is 6.61 Å². The van der Waals surface area contributed by atoms with Crippen LogP contribution >= 0.6 is 22.6 Å². The third-order valence-electron chi connectivity index (χ3n) is 3.92. The Morgan fingerprint density at radius 1 is 0.967 bits per heavy atom. The van der Waals surface area contributed by atoms with Crippen molar-refractivity contribution in [2.45, 2.75) is 62.8 Å². The Balaban J connectivity index is 2.50. The summed E-state index contributed by atoms with van der Waals surface area (Å²) in [6.07, 6.45) is -4.22. The van der Waals surface area contributed by atoms with E-state index in [1.165, 1.54) is 18.5 Å². The Hall–Kier alpha value is -2.29. The number of hydrogen-bond acceptors (Lipinski definition) is 11. The monoisotopic (exact) mass is 539 g/mol. The van der Waals surface area contributed by atoms with Crippen molar-refractivity contribution in [3.63, 3.8) is 0 Å². The summed E-state index contributed by atoms with van der Waals surface area (Å²) in [6.45, 7) is 4.39. The lowest BCUT2D eigenvalue weighted by Crippen LogP contribution is -2.60. The van der Waals surface area contributed by atoms with Crippen LogP contribution in [0, 0.1) is 0 Å². The van der Waals surface area contributed by atoms with E-state index in [4.69, 9.17) is 23.7 Å². The highest BCUT2D eigenvalue weighted by Gasteiger charge is 2.53. The largest absolute Gasteiger partial charge is 0.463 e. The molecule has 0 amide bonds. The molecule has 1 aliphatic rings. The van der Waals surface area contributed by atoms with Crippen LogP contribution in [0.3, 0.4) is 0 Å². The molecular formula is C17H22IN3O9. The number of esters is 4. The maximum atomic E-state index is 11.8. The second-order valence-electron chi connectivity index (χ2n) is 6.41. The smallest absolute Gasteiger partial charge is 0.303 e. The molecule has 5 atom stereocenters. The molecule has 12 nitrogen and oxygen atoms in total. The Morgan fingerprint density at radius 2 is 1.53 bits per heavy atom. The van der Waals surface area contributed by atoms with Crippen LogP contribution in [0.1, 0.15) is 39.6 Å². The molecule has 166 valence electrons. The van der Waals surface area contributed by atoms with E-state index < -0.39 is 54.5 Å². The van der Waals surface area contributed by atoms with Crippen molar-refractivity contribution < 1.29 is 42.9 Å². The molecule has 2 heterocycles. The Kier molecular flexibility index (Phi) is 8.52. The first-order valence-corrected chi connectivity index (χ1v) is 10.4. The summed E-state index contributed by atoms with van der Waals surface area (Å²) < 4.78 is 28.9. The molecular weight excluding hydrogens is 517 g/mol. The van der Waals surface area contributed by atoms with Gasteiger partial charge in [-0.3, -0.25) is 19.2 Å². The van der Waals surface area contributed by atoms with E-state index >= 15 is 0 Å². The molecule has 0 spiro atoms. The van der Waals surface area contributed by atoms with Crippen LogP contribution < -0.4 is 0 Å². The topological polar surface area (TPSA) is 145 Å². The third kappa shape index (κ3) is 6.35. The Morgan fingerprint density at radius 3 is 2.03 bits per heavy atom. The number of halogens is 1. The van der Waals surface area contributed by atoms with Crippen LogP contribution in [0.5, 0.6) is 0 Å². The van der Waals surface area contributed by atoms with Crippen molar-refractivity contribution in [3.05, 3.63) is 11.9 Å². The van der Waals surface area contributed by atoms with Gasteiger partial charge in [0.2, 0.25) is 0 Å². The predicted molar refractivity (Wildman–Crippen MR) is 105 cm³/mol. The highest BCUT2D eigenvalue weighted by atomic mass is 127. The van der Waals surface area contributed by atoms with Gasteiger partial charge in [0, 0.05) is 32.1 Å². The minimum absolute atomic E-state index is 0.303. The molecule has 0 N–H and O–H groups in total. The molecule has 0 aromatic carbocycles. The zero-order valence-corrected chi connectivity index (χ0v) is 18.9. The van der Waals surface area contributed by atoms with Crippen LogP contribution in [0.15, 0.2) is 6.20 Å². The summed E-state index contributed by atoms with van der Waals surface area (Å²) in [5.74, 6) is -2.66. The molecule has 0 radical (unpaired) electrons. The van der Waals surface area contributed by atoms with Gasteiger partial charge >= 0.3 is 23.9 Å². The molecule has 1 saturated heterocycles. The van der Waals surface area contributed by atoms with Crippen molar-refractivity contribution in [2.75, 3.05) is 6.61 Å². The van der Waals surface area contributed by atoms with Gasteiger partial charge in [0.15, 0.2) is 24.5 Å². The molecule has 1 aliphatic heterocycles. The van der Waals surface area contributed by atoms with Gasteiger partial charge in [-0.05, 0) is 0 Å². The molecule has 0 bridgehead atoms. The fourth-order valence-electron chi connectivity index (χ4n) is 2.92. The van der Waals surface area contributed by atoms with Gasteiger partial charge in [0.25, 0.3) is 0 Å². The first-order chi connectivity index (χ1) is 14.1. The van der Waals surface area contributed by atoms with Crippen molar-refractivity contribution in [1.82, 2.24) is 15.0 Å². The van der Waals surface area contributed by atoms with E-state index in [2.05, 4.69) is 32.9 Å². The molecule has 0 aliphatic carbocycles. The second kappa shape index (κ2) is 10.7. The maximum Gasteiger partial charge on any atom is 0.303 e. The molecule has 2 rings (SSSR count). The van der Waals surface area contributed by atoms with Crippen LogP contribution in [0.2, 0.25) is 0 Å². The summed E-state index contributed by atoms with van der Waals surface area (Å²) in [5.41, 5.74) is 0.628. The van der Waals surface area contributed by atoms with Gasteiger partial charge < -0.3 is 23.7 Å². The number of aromatic nitrogens is 3. The maximum absolute atomic E-state index is 11.8. The van der Waals surface area contributed by atoms with Crippen molar-refractivity contribution in [2.24, 2.45) is 0 Å². The van der Waals surface area contributed by atoms with Crippen molar-refractivity contribution in [3.8, 4) is 0 Å². The van der Waals surface area contributed by atoms with Crippen molar-refractivity contribution in [1.29, 1.82) is 0 Å². The lowest BCUT2D eigenvalue weighted by atomic mass is 9.97. The quantitative estimate of drug-likeness (QED) is 0.206. The van der Waals surface area contributed by atoms with Crippen LogP contribution in [-0.2, 0) is 47.3 Å². The van der Waals surface area contributed by atoms with Gasteiger partial charge in [-0.2, -0.15) is 0 Å². The second-order valence-corrected chi connectivity index (χ2v) is 7.18. The lowest BCUT2D eigenvalue weighted by Gasteiger charge is -2.44. The van der Waals surface area contributed by atoms with E-state index in [1.54, 1.807) is 6.20 Å². The van der Waals surface area contributed by atoms with Crippen LogP contribution in [0.25, 0.3) is 0 Å². The first-order valence-electron chi connectivity index (χ1n) is 8.89. The number of nitrogens with zero attached hydrogens (tertiary/aromatic N) is 3. The van der Waals surface area contributed by atoms with Crippen LogP contribution in [-0.4, -0.2) is 69.9 Å². The highest BCUT2D eigenvalue weighted by molar-refractivity contribution is 14.1. The molecule has 1 aromatic rings. The van der Waals surface area contributed by atoms with Crippen molar-refractivity contribution >= 4 is 46.5 Å². The van der Waals surface area contributed by atoms with E-state index in [0.29, 0.717) is 10.1 Å². The minimum Gasteiger partial charge on any atom is -0.463 e. The van der Waals surface area contributed by atoms with E-state index in [1.807, 2.05) is 0 Å². The molecule has 13 heteroatoms. The van der Waals surface area contributed by atoms with Gasteiger partial charge in [0.1, 0.15) is 12.7 Å². The predicted octanol–water partition coefficient (Wildman–Crippen LogP) is 0.469. The average Bonchev–Trinajstić information content (AvgIpc) is 3.11. The van der Waals surface area contributed by atoms with Crippen LogP contribution in [0.4, 0.5) is 0 Å². The number of carbonyl (C=O) groups is 4. The van der Waals surface area contributed by atoms with E-state index in [0.717, 1.165) is 13.8 Å². The molecule has 30 heavy (non-hydrogen) atoms. The zero-order chi connectivity index (χ0) is 22.4. The third-order valence-corrected chi connectivity index (χ3v) is 4.70. The molecule has 0 saturated carbocycles. The minimum atomic E-state index is -1.25. The SMILES string of the molecule is CC(=O)OCC1OC(n2cc(CI)nn2)C(OC(C)=O)C(OC(C)=O)C1OC(C)=O. The van der Waals surface area contributed by atoms with Gasteiger partial charge in [-0.15, -0.1) is 5.10 Å². The summed E-state index contributed by atoms with van der Waals surface area (Å²) in [5, 5.41) is 7.97. The molecule has 1 fully saturated rings. The summed E-state index contributed by atoms with van der Waals surface area (Å²) in [4.78, 5) is 46.5. The number of alkyl halides is 1. The Bertz CT molecular complexity index is 799. The van der Waals surface area contributed by atoms with Gasteiger partial charge in [0.05, 0.1) is 11.9 Å². The van der Waals surface area contributed by atoms with Gasteiger partial charge in [-0.25, -0.2) is 4.68 Å². The number of rotatable bonds is 7. The van der Waals surface area contributed by atoms with E-state index in [9.17, 15) is 19.2 Å². The van der Waals surface area contributed by atoms with Gasteiger partial charge in [-0.1, -0.05) is 27.8 Å². The number of carbonyl (C=O) groups excluding carboxylic acids is 4. The highest BCUT2D eigenvalue weighted by Crippen LogP contribution is 2.34. The average molecular weight is 539 g/mol. The first kappa shape index (κ1) is 24.0.